The van der Waals surface area contributed by atoms with Gasteiger partial charge >= 0.3 is 0 Å². The molecule has 2 atom stereocenters. The minimum Gasteiger partial charge on any atom is -0.316 e. The van der Waals surface area contributed by atoms with E-state index in [2.05, 4.69) is 22.0 Å². The average Bonchev–Trinajstić information content (AvgIpc) is 2.52. The maximum Gasteiger partial charge on any atom is 0.0136 e. The second-order valence-electron chi connectivity index (χ2n) is 7.47. The van der Waals surface area contributed by atoms with E-state index in [1.807, 2.05) is 0 Å². The summed E-state index contributed by atoms with van der Waals surface area (Å²) < 4.78 is 0. The van der Waals surface area contributed by atoms with Crippen LogP contribution in [0.4, 0.5) is 0 Å². The summed E-state index contributed by atoms with van der Waals surface area (Å²) in [5.41, 5.74) is 0. The highest BCUT2D eigenvalue weighted by molar-refractivity contribution is 4.93. The molecule has 3 fully saturated rings. The first-order valence-corrected chi connectivity index (χ1v) is 9.57. The van der Waals surface area contributed by atoms with Crippen LogP contribution in [0.15, 0.2) is 0 Å². The number of hydrogen-bond acceptors (Lipinski definition) is 3. The van der Waals surface area contributed by atoms with E-state index < -0.39 is 0 Å². The normalized spacial score (nSPS) is 33.0. The lowest BCUT2D eigenvalue weighted by atomic mass is 9.77. The number of likely N-dealkylation sites (tertiary alicyclic amines) is 2. The summed E-state index contributed by atoms with van der Waals surface area (Å²) in [6.07, 6.45) is 11.3. The quantitative estimate of drug-likeness (QED) is 0.760. The maximum atomic E-state index is 3.63. The second kappa shape index (κ2) is 7.94. The third-order valence-electron chi connectivity index (χ3n) is 6.09. The van der Waals surface area contributed by atoms with Gasteiger partial charge in [-0.25, -0.2) is 0 Å². The van der Waals surface area contributed by atoms with Crippen LogP contribution in [-0.4, -0.2) is 61.2 Å². The fourth-order valence-electron chi connectivity index (χ4n) is 4.60. The molecule has 0 aromatic rings. The summed E-state index contributed by atoms with van der Waals surface area (Å²) in [5, 5.41) is 3.63. The highest BCUT2D eigenvalue weighted by Gasteiger charge is 2.37. The first kappa shape index (κ1) is 15.8. The lowest BCUT2D eigenvalue weighted by molar-refractivity contribution is 0.0164. The van der Waals surface area contributed by atoms with Crippen LogP contribution in [0.25, 0.3) is 0 Å². The third-order valence-corrected chi connectivity index (χ3v) is 6.09. The van der Waals surface area contributed by atoms with Crippen molar-refractivity contribution in [3.8, 4) is 0 Å². The SMILES string of the molecule is CCCNCC1CCC1N1CCC(N2CCCCC2)CC1. The fourth-order valence-corrected chi connectivity index (χ4v) is 4.60. The molecule has 3 heteroatoms. The number of rotatable bonds is 6. The Morgan fingerprint density at radius 1 is 0.857 bits per heavy atom. The van der Waals surface area contributed by atoms with Crippen LogP contribution < -0.4 is 5.32 Å². The summed E-state index contributed by atoms with van der Waals surface area (Å²) >= 11 is 0. The highest BCUT2D eigenvalue weighted by Crippen LogP contribution is 2.34. The van der Waals surface area contributed by atoms with E-state index in [1.54, 1.807) is 0 Å². The summed E-state index contributed by atoms with van der Waals surface area (Å²) in [6, 6.07) is 1.80. The van der Waals surface area contributed by atoms with Crippen LogP contribution in [0.2, 0.25) is 0 Å². The molecule has 1 saturated carbocycles. The zero-order valence-electron chi connectivity index (χ0n) is 14.0. The molecule has 0 radical (unpaired) electrons. The predicted molar refractivity (Wildman–Crippen MR) is 89.7 cm³/mol. The standard InChI is InChI=1S/C18H35N3/c1-2-10-19-15-16-6-7-18(16)21-13-8-17(9-14-21)20-11-4-3-5-12-20/h16-19H,2-15H2,1H3. The highest BCUT2D eigenvalue weighted by atomic mass is 15.2. The monoisotopic (exact) mass is 293 g/mol. The average molecular weight is 293 g/mol. The fraction of sp³-hybridized carbons (Fsp3) is 1.00. The Bertz CT molecular complexity index is 293. The molecule has 122 valence electrons. The van der Waals surface area contributed by atoms with Crippen molar-refractivity contribution >= 4 is 0 Å². The van der Waals surface area contributed by atoms with Gasteiger partial charge in [0.2, 0.25) is 0 Å². The van der Waals surface area contributed by atoms with Gasteiger partial charge in [0.15, 0.2) is 0 Å². The van der Waals surface area contributed by atoms with Gasteiger partial charge in [-0.1, -0.05) is 13.3 Å². The lowest BCUT2D eigenvalue weighted by Gasteiger charge is -2.49. The number of piperidine rings is 2. The molecule has 1 aliphatic carbocycles. The van der Waals surface area contributed by atoms with E-state index >= 15 is 0 Å². The molecule has 2 aliphatic heterocycles. The van der Waals surface area contributed by atoms with Crippen molar-refractivity contribution in [3.63, 3.8) is 0 Å². The number of nitrogens with one attached hydrogen (secondary N) is 1. The van der Waals surface area contributed by atoms with E-state index in [0.29, 0.717) is 0 Å². The Morgan fingerprint density at radius 3 is 2.24 bits per heavy atom. The van der Waals surface area contributed by atoms with Gasteiger partial charge in [0.1, 0.15) is 0 Å². The van der Waals surface area contributed by atoms with Crippen molar-refractivity contribution in [2.24, 2.45) is 5.92 Å². The molecular weight excluding hydrogens is 258 g/mol. The molecular formula is C18H35N3. The molecule has 2 unspecified atom stereocenters. The molecule has 3 rings (SSSR count). The smallest absolute Gasteiger partial charge is 0.0136 e. The summed E-state index contributed by atoms with van der Waals surface area (Å²) in [7, 11) is 0. The van der Waals surface area contributed by atoms with Gasteiger partial charge in [-0.3, -0.25) is 4.90 Å². The molecule has 2 heterocycles. The van der Waals surface area contributed by atoms with Gasteiger partial charge in [-0.05, 0) is 90.1 Å². The van der Waals surface area contributed by atoms with Gasteiger partial charge in [0.05, 0.1) is 0 Å². The minimum absolute atomic E-state index is 0.900. The van der Waals surface area contributed by atoms with Crippen LogP contribution in [0.5, 0.6) is 0 Å². The summed E-state index contributed by atoms with van der Waals surface area (Å²) in [5.74, 6) is 0.933. The van der Waals surface area contributed by atoms with Crippen LogP contribution in [-0.2, 0) is 0 Å². The molecule has 1 N–H and O–H groups in total. The van der Waals surface area contributed by atoms with Crippen molar-refractivity contribution in [1.29, 1.82) is 0 Å². The van der Waals surface area contributed by atoms with Gasteiger partial charge in [0.25, 0.3) is 0 Å². The van der Waals surface area contributed by atoms with Crippen molar-refractivity contribution in [3.05, 3.63) is 0 Å². The molecule has 0 aromatic heterocycles. The second-order valence-corrected chi connectivity index (χ2v) is 7.47. The number of nitrogens with zero attached hydrogens (tertiary/aromatic N) is 2. The first-order valence-electron chi connectivity index (χ1n) is 9.57. The Hall–Kier alpha value is -0.120. The minimum atomic E-state index is 0.900. The zero-order valence-corrected chi connectivity index (χ0v) is 14.0. The lowest BCUT2D eigenvalue weighted by Crippen LogP contribution is -2.55. The molecule has 0 amide bonds. The van der Waals surface area contributed by atoms with Crippen LogP contribution in [0.1, 0.15) is 58.3 Å². The number of hydrogen-bond donors (Lipinski definition) is 1. The van der Waals surface area contributed by atoms with E-state index in [9.17, 15) is 0 Å². The van der Waals surface area contributed by atoms with Gasteiger partial charge in [0, 0.05) is 12.1 Å². The van der Waals surface area contributed by atoms with Crippen molar-refractivity contribution in [2.75, 3.05) is 39.3 Å². The molecule has 3 nitrogen and oxygen atoms in total. The van der Waals surface area contributed by atoms with Gasteiger partial charge < -0.3 is 10.2 Å². The van der Waals surface area contributed by atoms with Crippen molar-refractivity contribution in [2.45, 2.75) is 70.4 Å². The molecule has 0 spiro atoms. The zero-order chi connectivity index (χ0) is 14.5. The van der Waals surface area contributed by atoms with E-state index in [4.69, 9.17) is 0 Å². The van der Waals surface area contributed by atoms with Gasteiger partial charge in [-0.2, -0.15) is 0 Å². The first-order chi connectivity index (χ1) is 10.4. The molecule has 0 bridgehead atoms. The van der Waals surface area contributed by atoms with E-state index in [1.165, 1.54) is 90.6 Å². The van der Waals surface area contributed by atoms with Crippen molar-refractivity contribution in [1.82, 2.24) is 15.1 Å². The molecule has 2 saturated heterocycles. The van der Waals surface area contributed by atoms with Crippen LogP contribution >= 0.6 is 0 Å². The Kier molecular flexibility index (Phi) is 5.96. The third kappa shape index (κ3) is 4.00. The largest absolute Gasteiger partial charge is 0.316 e. The maximum absolute atomic E-state index is 3.63. The topological polar surface area (TPSA) is 18.5 Å². The van der Waals surface area contributed by atoms with Crippen LogP contribution in [0.3, 0.4) is 0 Å². The molecule has 3 aliphatic rings. The summed E-state index contributed by atoms with van der Waals surface area (Å²) in [4.78, 5) is 5.62. The van der Waals surface area contributed by atoms with Gasteiger partial charge in [-0.15, -0.1) is 0 Å². The predicted octanol–water partition coefficient (Wildman–Crippen LogP) is 2.71. The molecule has 0 aromatic carbocycles. The Labute approximate surface area is 131 Å². The van der Waals surface area contributed by atoms with E-state index in [0.717, 1.165) is 18.0 Å². The van der Waals surface area contributed by atoms with Crippen molar-refractivity contribution < 1.29 is 0 Å². The summed E-state index contributed by atoms with van der Waals surface area (Å²) in [6.45, 7) is 10.2. The Morgan fingerprint density at radius 2 is 1.62 bits per heavy atom. The molecule has 21 heavy (non-hydrogen) atoms. The van der Waals surface area contributed by atoms with E-state index in [-0.39, 0.29) is 0 Å². The van der Waals surface area contributed by atoms with Crippen LogP contribution in [0, 0.1) is 5.92 Å². The Balaban J connectivity index is 1.39.